The van der Waals surface area contributed by atoms with E-state index in [2.05, 4.69) is 32.1 Å². The number of rotatable bonds is 4. The van der Waals surface area contributed by atoms with Crippen molar-refractivity contribution in [1.29, 1.82) is 0 Å². The topological polar surface area (TPSA) is 44.3 Å². The highest BCUT2D eigenvalue weighted by Crippen LogP contribution is 2.12. The molecule has 2 rings (SSSR count). The molecule has 17 heavy (non-hydrogen) atoms. The summed E-state index contributed by atoms with van der Waals surface area (Å²) in [5.74, 6) is 2.00. The predicted molar refractivity (Wildman–Crippen MR) is 69.4 cm³/mol. The zero-order valence-corrected chi connectivity index (χ0v) is 10.7. The zero-order valence-electron chi connectivity index (χ0n) is 10.7. The van der Waals surface area contributed by atoms with Gasteiger partial charge in [-0.15, -0.1) is 0 Å². The number of nitrogens with zero attached hydrogens (tertiary/aromatic N) is 4. The molecule has 0 spiro atoms. The van der Waals surface area contributed by atoms with E-state index in [1.54, 1.807) is 0 Å². The average molecular weight is 235 g/mol. The molecule has 0 saturated carbocycles. The number of likely N-dealkylation sites (N-methyl/N-ethyl adjacent to an activating group) is 2. The largest absolute Gasteiger partial charge is 0.354 e. The smallest absolute Gasteiger partial charge is 0.132 e. The molecule has 0 unspecified atom stereocenters. The molecule has 0 bridgehead atoms. The third-order valence-electron chi connectivity index (χ3n) is 3.12. The molecule has 0 radical (unpaired) electrons. The second-order valence-corrected chi connectivity index (χ2v) is 4.47. The van der Waals surface area contributed by atoms with Crippen LogP contribution in [0.25, 0.3) is 0 Å². The van der Waals surface area contributed by atoms with Crippen molar-refractivity contribution >= 4 is 5.82 Å². The van der Waals surface area contributed by atoms with E-state index in [0.717, 1.165) is 50.8 Å². The zero-order chi connectivity index (χ0) is 12.1. The van der Waals surface area contributed by atoms with Crippen molar-refractivity contribution in [1.82, 2.24) is 20.2 Å². The Kier molecular flexibility index (Phi) is 4.28. The summed E-state index contributed by atoms with van der Waals surface area (Å²) in [6.45, 7) is 5.25. The van der Waals surface area contributed by atoms with E-state index < -0.39 is 0 Å². The van der Waals surface area contributed by atoms with Crippen molar-refractivity contribution in [2.75, 3.05) is 51.7 Å². The monoisotopic (exact) mass is 235 g/mol. The van der Waals surface area contributed by atoms with E-state index in [-0.39, 0.29) is 0 Å². The van der Waals surface area contributed by atoms with Gasteiger partial charge in [-0.25, -0.2) is 9.97 Å². The molecule has 2 heterocycles. The Balaban J connectivity index is 2.00. The molecule has 1 aliphatic heterocycles. The second kappa shape index (κ2) is 5.93. The highest BCUT2D eigenvalue weighted by Gasteiger charge is 2.15. The van der Waals surface area contributed by atoms with Crippen LogP contribution in [0.2, 0.25) is 0 Å². The number of piperazine rings is 1. The van der Waals surface area contributed by atoms with Crippen molar-refractivity contribution < 1.29 is 0 Å². The van der Waals surface area contributed by atoms with Crippen molar-refractivity contribution in [3.8, 4) is 0 Å². The minimum absolute atomic E-state index is 0.887. The Labute approximate surface area is 103 Å². The van der Waals surface area contributed by atoms with E-state index in [4.69, 9.17) is 0 Å². The molecule has 1 aliphatic rings. The number of hydrogen-bond acceptors (Lipinski definition) is 5. The van der Waals surface area contributed by atoms with Crippen molar-refractivity contribution in [2.45, 2.75) is 6.42 Å². The first kappa shape index (κ1) is 12.3. The molecule has 94 valence electrons. The molecule has 0 atom stereocenters. The van der Waals surface area contributed by atoms with Crippen LogP contribution in [0.5, 0.6) is 0 Å². The summed E-state index contributed by atoms with van der Waals surface area (Å²) in [6.07, 6.45) is 2.75. The van der Waals surface area contributed by atoms with Gasteiger partial charge in [0.05, 0.1) is 0 Å². The second-order valence-electron chi connectivity index (χ2n) is 4.47. The average Bonchev–Trinajstić information content (AvgIpc) is 2.37. The first-order valence-corrected chi connectivity index (χ1v) is 6.19. The van der Waals surface area contributed by atoms with Gasteiger partial charge in [-0.3, -0.25) is 0 Å². The fourth-order valence-electron chi connectivity index (χ4n) is 1.96. The molecule has 0 aromatic carbocycles. The molecule has 1 N–H and O–H groups in total. The van der Waals surface area contributed by atoms with Crippen molar-refractivity contribution in [3.05, 3.63) is 18.1 Å². The summed E-state index contributed by atoms with van der Waals surface area (Å²) in [4.78, 5) is 13.6. The Morgan fingerprint density at radius 1 is 1.29 bits per heavy atom. The lowest BCUT2D eigenvalue weighted by Gasteiger charge is -2.33. The highest BCUT2D eigenvalue weighted by molar-refractivity contribution is 5.38. The van der Waals surface area contributed by atoms with Crippen LogP contribution in [0.15, 0.2) is 12.3 Å². The van der Waals surface area contributed by atoms with E-state index in [0.29, 0.717) is 0 Å². The van der Waals surface area contributed by atoms with Gasteiger partial charge >= 0.3 is 0 Å². The van der Waals surface area contributed by atoms with E-state index in [1.165, 1.54) is 0 Å². The number of aromatic nitrogens is 2. The summed E-state index contributed by atoms with van der Waals surface area (Å²) in [5, 5.41) is 3.12. The number of anilines is 1. The first-order valence-electron chi connectivity index (χ1n) is 6.19. The molecule has 1 aromatic rings. The normalized spacial score (nSPS) is 17.4. The van der Waals surface area contributed by atoms with Gasteiger partial charge in [0.2, 0.25) is 0 Å². The lowest BCUT2D eigenvalue weighted by molar-refractivity contribution is 0.312. The summed E-state index contributed by atoms with van der Waals surface area (Å²) in [7, 11) is 4.11. The fourth-order valence-corrected chi connectivity index (χ4v) is 1.96. The van der Waals surface area contributed by atoms with Crippen LogP contribution in [0.3, 0.4) is 0 Å². The minimum Gasteiger partial charge on any atom is -0.354 e. The third-order valence-corrected chi connectivity index (χ3v) is 3.12. The Bertz CT molecular complexity index is 347. The molecule has 5 nitrogen and oxygen atoms in total. The third kappa shape index (κ3) is 3.38. The van der Waals surface area contributed by atoms with Crippen LogP contribution >= 0.6 is 0 Å². The van der Waals surface area contributed by atoms with Crippen LogP contribution in [0.1, 0.15) is 5.82 Å². The van der Waals surface area contributed by atoms with Gasteiger partial charge in [0.25, 0.3) is 0 Å². The Morgan fingerprint density at radius 3 is 2.76 bits per heavy atom. The lowest BCUT2D eigenvalue weighted by atomic mass is 10.3. The molecule has 1 aromatic heterocycles. The maximum absolute atomic E-state index is 4.62. The van der Waals surface area contributed by atoms with Crippen LogP contribution in [0.4, 0.5) is 5.82 Å². The Hall–Kier alpha value is -1.20. The van der Waals surface area contributed by atoms with Gasteiger partial charge in [-0.1, -0.05) is 0 Å². The van der Waals surface area contributed by atoms with Gasteiger partial charge in [0.15, 0.2) is 0 Å². The molecular weight excluding hydrogens is 214 g/mol. The van der Waals surface area contributed by atoms with Crippen molar-refractivity contribution in [2.24, 2.45) is 0 Å². The van der Waals surface area contributed by atoms with Crippen LogP contribution in [-0.2, 0) is 6.42 Å². The Morgan fingerprint density at radius 2 is 2.06 bits per heavy atom. The summed E-state index contributed by atoms with van der Waals surface area (Å²) < 4.78 is 0. The lowest BCUT2D eigenvalue weighted by Crippen LogP contribution is -2.44. The standard InChI is InChI=1S/C12H21N5/c1-13-5-3-11-14-6-4-12(15-11)17-9-7-16(2)8-10-17/h4,6,13H,3,5,7-10H2,1-2H3. The van der Waals surface area contributed by atoms with Gasteiger partial charge in [-0.2, -0.15) is 0 Å². The molecule has 0 amide bonds. The summed E-state index contributed by atoms with van der Waals surface area (Å²) in [6, 6.07) is 2.01. The van der Waals surface area contributed by atoms with Crippen LogP contribution in [0, 0.1) is 0 Å². The summed E-state index contributed by atoms with van der Waals surface area (Å²) in [5.41, 5.74) is 0. The molecule has 5 heteroatoms. The number of hydrogen-bond donors (Lipinski definition) is 1. The van der Waals surface area contributed by atoms with E-state index >= 15 is 0 Å². The summed E-state index contributed by atoms with van der Waals surface area (Å²) >= 11 is 0. The van der Waals surface area contributed by atoms with Gasteiger partial charge in [-0.05, 0) is 20.2 Å². The van der Waals surface area contributed by atoms with E-state index in [1.807, 2.05) is 19.3 Å². The minimum atomic E-state index is 0.887. The number of nitrogens with one attached hydrogen (secondary N) is 1. The maximum atomic E-state index is 4.62. The van der Waals surface area contributed by atoms with Crippen LogP contribution in [-0.4, -0.2) is 61.7 Å². The highest BCUT2D eigenvalue weighted by atomic mass is 15.3. The molecule has 1 saturated heterocycles. The fraction of sp³-hybridized carbons (Fsp3) is 0.667. The van der Waals surface area contributed by atoms with E-state index in [9.17, 15) is 0 Å². The van der Waals surface area contributed by atoms with Gasteiger partial charge in [0, 0.05) is 45.3 Å². The van der Waals surface area contributed by atoms with Gasteiger partial charge in [0.1, 0.15) is 11.6 Å². The molecule has 0 aliphatic carbocycles. The molecule has 1 fully saturated rings. The molecular formula is C12H21N5. The van der Waals surface area contributed by atoms with Crippen LogP contribution < -0.4 is 10.2 Å². The predicted octanol–water partition coefficient (Wildman–Crippen LogP) is -0.00970. The van der Waals surface area contributed by atoms with Crippen molar-refractivity contribution in [3.63, 3.8) is 0 Å². The SMILES string of the molecule is CNCCc1nccc(N2CCN(C)CC2)n1. The van der Waals surface area contributed by atoms with Gasteiger partial charge < -0.3 is 15.1 Å². The quantitative estimate of drug-likeness (QED) is 0.795. The maximum Gasteiger partial charge on any atom is 0.132 e. The first-order chi connectivity index (χ1) is 8.29.